The first-order chi connectivity index (χ1) is 49.6. The third-order valence-corrected chi connectivity index (χ3v) is 18.9. The minimum absolute atomic E-state index is 0.00737. The Balaban J connectivity index is 1.26. The number of aromatic amines is 2. The van der Waals surface area contributed by atoms with Gasteiger partial charge in [-0.1, -0.05) is 105 Å². The van der Waals surface area contributed by atoms with Gasteiger partial charge in [0, 0.05) is 92.9 Å². The molecular formula is C76H105N13O16. The number of carbonyl (C=O) groups excluding carboxylic acids is 13. The summed E-state index contributed by atoms with van der Waals surface area (Å²) >= 11 is 0. The summed E-state index contributed by atoms with van der Waals surface area (Å²) in [6.45, 7) is 15.4. The number of imidazole rings is 2. The second-order valence-electron chi connectivity index (χ2n) is 28.3. The van der Waals surface area contributed by atoms with Crippen molar-refractivity contribution in [3.63, 3.8) is 0 Å². The Bertz CT molecular complexity index is 3730. The van der Waals surface area contributed by atoms with Crippen molar-refractivity contribution >= 4 is 76.2 Å². The fourth-order valence-corrected chi connectivity index (χ4v) is 12.2. The van der Waals surface area contributed by atoms with Gasteiger partial charge in [-0.2, -0.15) is 0 Å². The van der Waals surface area contributed by atoms with E-state index < -0.39 is 205 Å². The lowest BCUT2D eigenvalue weighted by Crippen LogP contribution is -2.52. The molecule has 2 aromatic heterocycles. The van der Waals surface area contributed by atoms with E-state index in [-0.39, 0.29) is 61.7 Å². The number of H-pyrrole nitrogens is 2. The number of aromatic hydroxyl groups is 3. The quantitative estimate of drug-likeness (QED) is 0.0263. The first-order valence-corrected chi connectivity index (χ1v) is 35.7. The predicted octanol–water partition coefficient (Wildman–Crippen LogP) is 3.82. The van der Waals surface area contributed by atoms with E-state index in [4.69, 9.17) is 17.2 Å². The molecule has 0 aliphatic carbocycles. The fourth-order valence-electron chi connectivity index (χ4n) is 12.2. The summed E-state index contributed by atoms with van der Waals surface area (Å²) in [7, 11) is 0. The van der Waals surface area contributed by atoms with Gasteiger partial charge in [0.15, 0.2) is 28.9 Å². The lowest BCUT2D eigenvalue weighted by atomic mass is 9.85. The monoisotopic (exact) mass is 1460 g/mol. The SMILES string of the molecule is CC[C@H](C)[C@@H](NC(=O)[C@H](CC(=O)[C@@H](CC(C)C)NC(=O)CCC(=O)[C@@H](C)NC(=O)[C@H](CC(=O)[C@@H](CC(N)=O)NC(=O)[C@H](CC(=O)[C@H](NC(=O)[C@H](N)Cc1ccc(O)cc1)[C@@H](C)CC)Cc1ccc(O)cc1)C(C)C)Cc1ccc(O)cc1)C(=O)C[C@H](Cc1cnc[nH]1)C(=O)N[C@H](Cc1cnc[nH]1)C(N)=O. The zero-order valence-electron chi connectivity index (χ0n) is 61.3. The number of benzene rings is 3. The second kappa shape index (κ2) is 41.7. The predicted molar refractivity (Wildman–Crippen MR) is 388 cm³/mol. The van der Waals surface area contributed by atoms with Crippen LogP contribution in [0.4, 0.5) is 0 Å². The lowest BCUT2D eigenvalue weighted by molar-refractivity contribution is -0.137. The minimum Gasteiger partial charge on any atom is -0.508 e. The summed E-state index contributed by atoms with van der Waals surface area (Å²) in [5.74, 6) is -15.4. The Kier molecular flexibility index (Phi) is 33.9. The van der Waals surface area contributed by atoms with Crippen LogP contribution >= 0.6 is 0 Å². The van der Waals surface area contributed by atoms with Gasteiger partial charge < -0.3 is 74.4 Å². The maximum Gasteiger partial charge on any atom is 0.240 e. The molecule has 0 unspecified atom stereocenters. The average molecular weight is 1460 g/mol. The van der Waals surface area contributed by atoms with Crippen LogP contribution in [0.3, 0.4) is 0 Å². The van der Waals surface area contributed by atoms with Crippen molar-refractivity contribution in [1.82, 2.24) is 51.8 Å². The van der Waals surface area contributed by atoms with E-state index in [1.54, 1.807) is 52.0 Å². The summed E-state index contributed by atoms with van der Waals surface area (Å²) in [5, 5.41) is 46.2. The molecule has 2 heterocycles. The molecule has 0 aliphatic rings. The van der Waals surface area contributed by atoms with E-state index >= 15 is 0 Å². The number of amides is 8. The second-order valence-corrected chi connectivity index (χ2v) is 28.3. The van der Waals surface area contributed by atoms with Crippen LogP contribution in [-0.4, -0.2) is 154 Å². The minimum atomic E-state index is -1.59. The van der Waals surface area contributed by atoms with Crippen molar-refractivity contribution in [3.05, 3.63) is 126 Å². The number of hydrogen-bond acceptors (Lipinski definition) is 19. The Hall–Kier alpha value is -10.4. The number of phenols is 3. The van der Waals surface area contributed by atoms with Crippen LogP contribution < -0.4 is 49.1 Å². The topological polar surface area (TPSA) is 490 Å². The molecule has 0 aliphatic heterocycles. The van der Waals surface area contributed by atoms with Crippen LogP contribution in [0.15, 0.2) is 97.8 Å². The van der Waals surface area contributed by atoms with Crippen LogP contribution in [0.2, 0.25) is 0 Å². The Morgan fingerprint density at radius 3 is 1.29 bits per heavy atom. The van der Waals surface area contributed by atoms with Gasteiger partial charge in [0.05, 0.1) is 61.2 Å². The van der Waals surface area contributed by atoms with Crippen molar-refractivity contribution in [2.24, 2.45) is 64.5 Å². The van der Waals surface area contributed by atoms with Crippen molar-refractivity contribution in [2.45, 2.75) is 201 Å². The van der Waals surface area contributed by atoms with Crippen LogP contribution in [0, 0.1) is 47.3 Å². The molecule has 13 atom stereocenters. The van der Waals surface area contributed by atoms with Crippen LogP contribution in [0.1, 0.15) is 155 Å². The zero-order chi connectivity index (χ0) is 77.8. The number of aromatic nitrogens is 4. The summed E-state index contributed by atoms with van der Waals surface area (Å²) in [5.41, 5.74) is 20.4. The molecule has 29 nitrogen and oxygen atoms in total. The average Bonchev–Trinajstić information content (AvgIpc) is 1.48. The highest BCUT2D eigenvalue weighted by atomic mass is 16.3. The lowest BCUT2D eigenvalue weighted by Gasteiger charge is -2.28. The number of primary amides is 2. The number of nitrogens with two attached hydrogens (primary N) is 3. The van der Waals surface area contributed by atoms with E-state index in [1.165, 1.54) is 80.5 Å². The standard InChI is InChI=1S/C76H105N13O16/c1-10-43(7)69(66(97)33-51(30-52-37-80-39-82-52)73(102)87-61(71(79)100)34-53-38-81-40-83-53)88-74(103)49(27-46-12-18-54(90)19-13-46)31-63(94)59(26-41(3)4)85-68(99)25-24-62(93)45(9)84-75(104)57(42(5)6)35-64(95)60(36-67(78)98)86-72(101)50(28-47-14-20-55(91)21-15-47)32-65(96)70(44(8)11-2)89-76(105)58(77)29-48-16-22-56(92)23-17-48/h12-23,37-45,49-51,57-61,69-70,90-92H,10-11,24-36,77H2,1-9H3,(H2,78,98)(H2,79,100)(H,80,82)(H,81,83)(H,84,104)(H,85,99)(H,86,101)(H,87,102)(H,88,103)(H,89,105)/t43-,44-,45+,49-,50-,51-,57+,58+,59+,60+,61+,69+,70+/m0/s1. The van der Waals surface area contributed by atoms with Crippen molar-refractivity contribution < 1.29 is 77.6 Å². The van der Waals surface area contributed by atoms with Gasteiger partial charge in [0.1, 0.15) is 23.3 Å². The van der Waals surface area contributed by atoms with E-state index in [0.29, 0.717) is 40.9 Å². The third kappa shape index (κ3) is 28.3. The van der Waals surface area contributed by atoms with Crippen molar-refractivity contribution in [1.29, 1.82) is 0 Å². The van der Waals surface area contributed by atoms with E-state index in [1.807, 2.05) is 27.7 Å². The highest BCUT2D eigenvalue weighted by Gasteiger charge is 2.39. The van der Waals surface area contributed by atoms with Crippen LogP contribution in [0.5, 0.6) is 17.2 Å². The van der Waals surface area contributed by atoms with Gasteiger partial charge in [-0.05, 0) is 109 Å². The van der Waals surface area contributed by atoms with Gasteiger partial charge >= 0.3 is 0 Å². The fraction of sp³-hybridized carbons (Fsp3) is 0.513. The third-order valence-electron chi connectivity index (χ3n) is 18.9. The zero-order valence-corrected chi connectivity index (χ0v) is 61.3. The maximum absolute atomic E-state index is 14.7. The Morgan fingerprint density at radius 2 is 0.857 bits per heavy atom. The molecule has 0 fully saturated rings. The number of phenolic OH excluding ortho intramolecular Hbond substituents is 3. The molecular weight excluding hydrogens is 1350 g/mol. The molecule has 3 aromatic carbocycles. The first-order valence-electron chi connectivity index (χ1n) is 35.7. The molecule has 0 saturated heterocycles. The number of rotatable bonds is 47. The number of nitrogens with zero attached hydrogens (tertiary/aromatic N) is 2. The molecule has 0 radical (unpaired) electrons. The molecule has 570 valence electrons. The van der Waals surface area contributed by atoms with Gasteiger partial charge in [0.2, 0.25) is 47.3 Å². The Labute approximate surface area is 611 Å². The molecule has 5 aromatic rings. The van der Waals surface area contributed by atoms with Crippen molar-refractivity contribution in [2.75, 3.05) is 0 Å². The smallest absolute Gasteiger partial charge is 0.240 e. The van der Waals surface area contributed by atoms with Gasteiger partial charge in [0.25, 0.3) is 0 Å². The van der Waals surface area contributed by atoms with Crippen LogP contribution in [0.25, 0.3) is 0 Å². The van der Waals surface area contributed by atoms with E-state index in [9.17, 15) is 77.6 Å². The number of ketones is 5. The summed E-state index contributed by atoms with van der Waals surface area (Å²) in [6, 6.07) is 9.42. The first kappa shape index (κ1) is 85.2. The summed E-state index contributed by atoms with van der Waals surface area (Å²) < 4.78 is 0. The number of Topliss-reactive ketones (excluding diaryl/α,β-unsaturated/α-hetero) is 5. The highest BCUT2D eigenvalue weighted by Crippen LogP contribution is 2.26. The molecule has 17 N–H and O–H groups in total. The molecule has 8 amide bonds. The molecule has 0 saturated carbocycles. The number of hydrogen-bond donors (Lipinski definition) is 14. The normalized spacial score (nSPS) is 15.1. The van der Waals surface area contributed by atoms with Crippen LogP contribution in [-0.2, 0) is 94.4 Å². The largest absolute Gasteiger partial charge is 0.508 e. The Morgan fingerprint density at radius 1 is 0.438 bits per heavy atom. The summed E-state index contributed by atoms with van der Waals surface area (Å²) in [6.07, 6.45) is 3.23. The van der Waals surface area contributed by atoms with Gasteiger partial charge in [-0.15, -0.1) is 0 Å². The number of carbonyl (C=O) groups is 13. The molecule has 105 heavy (non-hydrogen) atoms. The van der Waals surface area contributed by atoms with Gasteiger partial charge in [-0.25, -0.2) is 9.97 Å². The molecule has 29 heteroatoms. The van der Waals surface area contributed by atoms with E-state index in [2.05, 4.69) is 51.8 Å². The molecule has 0 spiro atoms. The summed E-state index contributed by atoms with van der Waals surface area (Å²) in [4.78, 5) is 195. The molecule has 0 bridgehead atoms. The van der Waals surface area contributed by atoms with E-state index in [0.717, 1.165) is 0 Å². The van der Waals surface area contributed by atoms with Gasteiger partial charge in [-0.3, -0.25) is 62.3 Å². The highest BCUT2D eigenvalue weighted by molar-refractivity contribution is 6.00. The molecule has 5 rings (SSSR count). The van der Waals surface area contributed by atoms with Crippen molar-refractivity contribution in [3.8, 4) is 17.2 Å². The number of nitrogens with one attached hydrogen (secondary N) is 8. The maximum atomic E-state index is 14.7.